The first-order valence-electron chi connectivity index (χ1n) is 9.25. The van der Waals surface area contributed by atoms with E-state index in [4.69, 9.17) is 9.16 Å². The topological polar surface area (TPSA) is 21.7 Å². The van der Waals surface area contributed by atoms with Gasteiger partial charge < -0.3 is 14.1 Å². The Hall–Kier alpha value is -1.36. The van der Waals surface area contributed by atoms with Crippen molar-refractivity contribution in [1.29, 1.82) is 0 Å². The highest BCUT2D eigenvalue weighted by Gasteiger charge is 2.26. The van der Waals surface area contributed by atoms with Crippen molar-refractivity contribution >= 4 is 8.32 Å². The van der Waals surface area contributed by atoms with E-state index in [1.54, 1.807) is 0 Å². The van der Waals surface area contributed by atoms with Gasteiger partial charge in [0, 0.05) is 12.2 Å². The summed E-state index contributed by atoms with van der Waals surface area (Å²) in [6.45, 7) is 16.3. The van der Waals surface area contributed by atoms with Crippen LogP contribution < -0.4 is 0 Å². The van der Waals surface area contributed by atoms with E-state index in [0.717, 1.165) is 18.8 Å². The highest BCUT2D eigenvalue weighted by Crippen LogP contribution is 2.25. The molecule has 1 aromatic carbocycles. The first kappa shape index (κ1) is 20.0. The van der Waals surface area contributed by atoms with Crippen LogP contribution in [0.1, 0.15) is 25.3 Å². The molecule has 0 amide bonds. The van der Waals surface area contributed by atoms with Crippen molar-refractivity contribution < 1.29 is 9.16 Å². The lowest BCUT2D eigenvalue weighted by Gasteiger charge is -2.29. The van der Waals surface area contributed by atoms with Gasteiger partial charge in [-0.15, -0.1) is 0 Å². The van der Waals surface area contributed by atoms with Crippen molar-refractivity contribution in [1.82, 2.24) is 4.90 Å². The summed E-state index contributed by atoms with van der Waals surface area (Å²) < 4.78 is 11.9. The van der Waals surface area contributed by atoms with Crippen LogP contribution in [0.15, 0.2) is 54.3 Å². The van der Waals surface area contributed by atoms with Gasteiger partial charge in [-0.2, -0.15) is 0 Å². The Labute approximate surface area is 154 Å². The fraction of sp³-hybridized carbons (Fsp3) is 0.524. The summed E-state index contributed by atoms with van der Waals surface area (Å²) in [5.41, 5.74) is 3.56. The third kappa shape index (κ3) is 6.81. The van der Waals surface area contributed by atoms with Crippen molar-refractivity contribution in [2.75, 3.05) is 19.8 Å². The van der Waals surface area contributed by atoms with Crippen molar-refractivity contribution in [2.45, 2.75) is 52.1 Å². The fourth-order valence-corrected chi connectivity index (χ4v) is 3.60. The van der Waals surface area contributed by atoms with Crippen LogP contribution in [0.5, 0.6) is 0 Å². The maximum atomic E-state index is 5.97. The molecule has 0 unspecified atom stereocenters. The molecule has 0 spiro atoms. The minimum atomic E-state index is -1.46. The second-order valence-electron chi connectivity index (χ2n) is 7.75. The summed E-state index contributed by atoms with van der Waals surface area (Å²) in [6, 6.07) is 10.8. The number of nitrogens with zero attached hydrogens (tertiary/aromatic N) is 1. The van der Waals surface area contributed by atoms with Gasteiger partial charge in [0.2, 0.25) is 0 Å². The number of hydrogen-bond donors (Lipinski definition) is 0. The maximum Gasteiger partial charge on any atom is 0.184 e. The number of ether oxygens (including phenoxy) is 1. The molecule has 1 heterocycles. The fourth-order valence-electron chi connectivity index (χ4n) is 3.01. The molecule has 0 saturated carbocycles. The summed E-state index contributed by atoms with van der Waals surface area (Å²) in [4.78, 5) is 2.41. The lowest BCUT2D eigenvalue weighted by Crippen LogP contribution is -2.32. The molecule has 138 valence electrons. The maximum absolute atomic E-state index is 5.97. The van der Waals surface area contributed by atoms with Gasteiger partial charge in [-0.3, -0.25) is 0 Å². The highest BCUT2D eigenvalue weighted by atomic mass is 28.4. The van der Waals surface area contributed by atoms with Gasteiger partial charge in [-0.25, -0.2) is 0 Å². The summed E-state index contributed by atoms with van der Waals surface area (Å²) in [6.07, 6.45) is 4.55. The largest absolute Gasteiger partial charge is 0.414 e. The average Bonchev–Trinajstić information content (AvgIpc) is 3.02. The molecule has 0 N–H and O–H groups in total. The Morgan fingerprint density at radius 3 is 2.68 bits per heavy atom. The molecular weight excluding hydrogens is 326 g/mol. The first-order chi connectivity index (χ1) is 11.9. The lowest BCUT2D eigenvalue weighted by molar-refractivity contribution is 0.0776. The highest BCUT2D eigenvalue weighted by molar-refractivity contribution is 6.69. The van der Waals surface area contributed by atoms with E-state index in [2.05, 4.69) is 68.4 Å². The van der Waals surface area contributed by atoms with Crippen molar-refractivity contribution in [2.24, 2.45) is 0 Å². The molecule has 1 saturated heterocycles. The van der Waals surface area contributed by atoms with Crippen LogP contribution >= 0.6 is 0 Å². The SMILES string of the molecule is C=C(/C(C)=C/CO[Si](C)(C)C)N1CCC[C@H]1COCc1ccccc1. The van der Waals surface area contributed by atoms with Gasteiger partial charge >= 0.3 is 0 Å². The minimum absolute atomic E-state index is 0.428. The zero-order chi connectivity index (χ0) is 18.3. The van der Waals surface area contributed by atoms with Crippen LogP contribution in [0.2, 0.25) is 19.6 Å². The Morgan fingerprint density at radius 2 is 2.00 bits per heavy atom. The van der Waals surface area contributed by atoms with E-state index < -0.39 is 8.32 Å². The number of rotatable bonds is 9. The van der Waals surface area contributed by atoms with E-state index in [0.29, 0.717) is 19.3 Å². The zero-order valence-electron chi connectivity index (χ0n) is 16.3. The summed E-state index contributed by atoms with van der Waals surface area (Å²) in [5.74, 6) is 0. The van der Waals surface area contributed by atoms with Crippen molar-refractivity contribution in [3.8, 4) is 0 Å². The van der Waals surface area contributed by atoms with E-state index in [1.807, 2.05) is 6.07 Å². The normalized spacial score (nSPS) is 18.6. The smallest absolute Gasteiger partial charge is 0.184 e. The molecule has 0 radical (unpaired) electrons. The number of allylic oxidation sites excluding steroid dienone is 1. The standard InChI is InChI=1S/C21H33NO2Si/c1-18(13-15-24-25(3,4)5)19(2)22-14-9-12-21(22)17-23-16-20-10-7-6-8-11-20/h6-8,10-11,13,21H,2,9,12,14-17H2,1,3-5H3/b18-13+/t21-/m0/s1. The second-order valence-corrected chi connectivity index (χ2v) is 12.3. The Balaban J connectivity index is 1.82. The average molecular weight is 360 g/mol. The Bertz CT molecular complexity index is 577. The number of hydrogen-bond acceptors (Lipinski definition) is 3. The first-order valence-corrected chi connectivity index (χ1v) is 12.7. The zero-order valence-corrected chi connectivity index (χ0v) is 17.3. The van der Waals surface area contributed by atoms with E-state index in [1.165, 1.54) is 24.0 Å². The molecule has 1 atom stereocenters. The molecule has 1 aliphatic heterocycles. The second kappa shape index (κ2) is 9.37. The van der Waals surface area contributed by atoms with Crippen LogP contribution in [0.25, 0.3) is 0 Å². The Morgan fingerprint density at radius 1 is 1.28 bits per heavy atom. The molecule has 3 nitrogen and oxygen atoms in total. The van der Waals surface area contributed by atoms with E-state index in [-0.39, 0.29) is 0 Å². The van der Waals surface area contributed by atoms with Gasteiger partial charge in [0.25, 0.3) is 0 Å². The molecule has 0 bridgehead atoms. The molecule has 1 fully saturated rings. The lowest BCUT2D eigenvalue weighted by atomic mass is 10.1. The monoisotopic (exact) mass is 359 g/mol. The van der Waals surface area contributed by atoms with Gasteiger partial charge in [0.1, 0.15) is 0 Å². The molecule has 0 aliphatic carbocycles. The van der Waals surface area contributed by atoms with Gasteiger partial charge in [-0.05, 0) is 50.5 Å². The molecule has 0 aromatic heterocycles. The van der Waals surface area contributed by atoms with Crippen molar-refractivity contribution in [3.63, 3.8) is 0 Å². The third-order valence-corrected chi connectivity index (χ3v) is 5.54. The van der Waals surface area contributed by atoms with Crippen LogP contribution in [0.4, 0.5) is 0 Å². The summed E-state index contributed by atoms with van der Waals surface area (Å²) in [5, 5.41) is 0. The minimum Gasteiger partial charge on any atom is -0.414 e. The summed E-state index contributed by atoms with van der Waals surface area (Å²) >= 11 is 0. The van der Waals surface area contributed by atoms with Crippen molar-refractivity contribution in [3.05, 3.63) is 59.8 Å². The number of benzene rings is 1. The molecule has 1 aliphatic rings. The third-order valence-electron chi connectivity index (χ3n) is 4.51. The summed E-state index contributed by atoms with van der Waals surface area (Å²) in [7, 11) is -1.46. The predicted molar refractivity (Wildman–Crippen MR) is 108 cm³/mol. The predicted octanol–water partition coefficient (Wildman–Crippen LogP) is 4.98. The van der Waals surface area contributed by atoms with Crippen LogP contribution in [-0.2, 0) is 15.8 Å². The molecule has 25 heavy (non-hydrogen) atoms. The van der Waals surface area contributed by atoms with Crippen LogP contribution in [0.3, 0.4) is 0 Å². The van der Waals surface area contributed by atoms with Gasteiger partial charge in [-0.1, -0.05) is 43.0 Å². The Kier molecular flexibility index (Phi) is 7.48. The van der Waals surface area contributed by atoms with Gasteiger partial charge in [0.15, 0.2) is 8.32 Å². The van der Waals surface area contributed by atoms with Crippen LogP contribution in [0, 0.1) is 0 Å². The van der Waals surface area contributed by atoms with Crippen LogP contribution in [-0.4, -0.2) is 39.0 Å². The van der Waals surface area contributed by atoms with E-state index in [9.17, 15) is 0 Å². The molecule has 2 rings (SSSR count). The van der Waals surface area contributed by atoms with E-state index >= 15 is 0 Å². The van der Waals surface area contributed by atoms with Gasteiger partial charge in [0.05, 0.1) is 25.9 Å². The number of likely N-dealkylation sites (tertiary alicyclic amines) is 1. The quantitative estimate of drug-likeness (QED) is 0.458. The molecular formula is C21H33NO2Si. The molecule has 4 heteroatoms. The molecule has 1 aromatic rings.